The Balaban J connectivity index is 0.00000760. The molecule has 0 radical (unpaired) electrons. The van der Waals surface area contributed by atoms with Gasteiger partial charge in [0.2, 0.25) is 5.91 Å². The number of hydrogen-bond donors (Lipinski definition) is 3. The number of hydrogen-bond acceptors (Lipinski definition) is 5. The monoisotopic (exact) mass is 607 g/mol. The fourth-order valence-corrected chi connectivity index (χ4v) is 4.64. The van der Waals surface area contributed by atoms with Gasteiger partial charge in [0, 0.05) is 37.1 Å². The highest BCUT2D eigenvalue weighted by molar-refractivity contribution is 5.76. The maximum Gasteiger partial charge on any atom is 0.269 e. The Morgan fingerprint density at radius 1 is 0.821 bits per heavy atom. The molecule has 3 N–H and O–H groups in total. The number of benzene rings is 1. The van der Waals surface area contributed by atoms with Gasteiger partial charge in [-0.1, -0.05) is 70.3 Å². The van der Waals surface area contributed by atoms with Crippen molar-refractivity contribution in [3.05, 3.63) is 70.5 Å². The first-order chi connectivity index (χ1) is 18.5. The van der Waals surface area contributed by atoms with Crippen molar-refractivity contribution in [1.82, 2.24) is 5.32 Å². The lowest BCUT2D eigenvalue weighted by Gasteiger charge is -2.22. The van der Waals surface area contributed by atoms with E-state index in [1.54, 1.807) is 0 Å². The van der Waals surface area contributed by atoms with Crippen LogP contribution in [0.25, 0.3) is 0 Å². The fourth-order valence-electron chi connectivity index (χ4n) is 4.64. The van der Waals surface area contributed by atoms with Gasteiger partial charge in [0.05, 0.1) is 17.6 Å². The molecule has 8 nitrogen and oxygen atoms in total. The number of aromatic nitrogens is 1. The van der Waals surface area contributed by atoms with Gasteiger partial charge in [0.1, 0.15) is 12.6 Å². The number of nitro groups is 1. The number of aliphatic hydroxyl groups is 2. The topological polar surface area (TPSA) is 117 Å². The van der Waals surface area contributed by atoms with Gasteiger partial charge < -0.3 is 32.5 Å². The molecule has 0 aliphatic carbocycles. The Morgan fingerprint density at radius 3 is 1.79 bits per heavy atom. The van der Waals surface area contributed by atoms with Crippen LogP contribution in [0.1, 0.15) is 102 Å². The quantitative estimate of drug-likeness (QED) is 0.0873. The van der Waals surface area contributed by atoms with Crippen molar-refractivity contribution in [2.24, 2.45) is 0 Å². The summed E-state index contributed by atoms with van der Waals surface area (Å²) in [6.07, 6.45) is 19.3. The molecule has 2 atom stereocenters. The van der Waals surface area contributed by atoms with Crippen LogP contribution in [0.3, 0.4) is 0 Å². The summed E-state index contributed by atoms with van der Waals surface area (Å²) in [6.45, 7) is 0.694. The van der Waals surface area contributed by atoms with E-state index >= 15 is 0 Å². The van der Waals surface area contributed by atoms with Crippen molar-refractivity contribution >= 4 is 11.6 Å². The molecule has 0 aliphatic heterocycles. The summed E-state index contributed by atoms with van der Waals surface area (Å²) >= 11 is 0. The van der Waals surface area contributed by atoms with Crippen molar-refractivity contribution in [1.29, 1.82) is 0 Å². The Morgan fingerprint density at radius 2 is 1.31 bits per heavy atom. The first-order valence-corrected chi connectivity index (χ1v) is 14.3. The van der Waals surface area contributed by atoms with E-state index < -0.39 is 23.7 Å². The molecule has 0 fully saturated rings. The first-order valence-electron chi connectivity index (χ1n) is 14.3. The molecule has 0 saturated carbocycles. The Kier molecular flexibility index (Phi) is 19.1. The van der Waals surface area contributed by atoms with Crippen LogP contribution in [0.4, 0.5) is 5.69 Å². The predicted octanol–water partition coefficient (Wildman–Crippen LogP) is 2.56. The third-order valence-electron chi connectivity index (χ3n) is 6.97. The number of halogens is 1. The minimum absolute atomic E-state index is 0. The lowest BCUT2D eigenvalue weighted by molar-refractivity contribution is -0.697. The van der Waals surface area contributed by atoms with Gasteiger partial charge in [0.15, 0.2) is 12.4 Å². The summed E-state index contributed by atoms with van der Waals surface area (Å²) in [5, 5.41) is 33.5. The normalized spacial score (nSPS) is 12.4. The van der Waals surface area contributed by atoms with Gasteiger partial charge in [-0.25, -0.2) is 4.57 Å². The van der Waals surface area contributed by atoms with Crippen molar-refractivity contribution in [3.8, 4) is 0 Å². The first kappa shape index (κ1) is 34.7. The number of rotatable bonds is 21. The van der Waals surface area contributed by atoms with Crippen molar-refractivity contribution in [3.63, 3.8) is 0 Å². The van der Waals surface area contributed by atoms with E-state index in [4.69, 9.17) is 0 Å². The molecule has 1 aromatic heterocycles. The molecular weight excluding hydrogens is 562 g/mol. The summed E-state index contributed by atoms with van der Waals surface area (Å²) in [5.74, 6) is -0.205. The van der Waals surface area contributed by atoms with E-state index in [1.165, 1.54) is 88.5 Å². The number of aryl methyl sites for hydroxylation is 1. The Bertz CT molecular complexity index is 915. The molecule has 9 heteroatoms. The van der Waals surface area contributed by atoms with Gasteiger partial charge in [-0.2, -0.15) is 0 Å². The molecule has 0 spiro atoms. The molecule has 0 unspecified atom stereocenters. The van der Waals surface area contributed by atoms with Gasteiger partial charge in [-0.3, -0.25) is 14.9 Å². The number of amides is 1. The highest BCUT2D eigenvalue weighted by Gasteiger charge is 2.22. The second-order valence-electron chi connectivity index (χ2n) is 10.1. The number of nitrogens with zero attached hydrogens (tertiary/aromatic N) is 2. The number of carbonyl (C=O) groups excluding carboxylic acids is 1. The number of pyridine rings is 1. The zero-order valence-corrected chi connectivity index (χ0v) is 24.6. The zero-order valence-electron chi connectivity index (χ0n) is 23.1. The second kappa shape index (κ2) is 21.5. The number of non-ortho nitro benzene ring substituents is 1. The van der Waals surface area contributed by atoms with Gasteiger partial charge in [-0.05, 0) is 30.5 Å². The number of nitro benzene ring substituents is 1. The highest BCUT2D eigenvalue weighted by Crippen LogP contribution is 2.21. The Hall–Kier alpha value is -2.36. The predicted molar refractivity (Wildman–Crippen MR) is 148 cm³/mol. The van der Waals surface area contributed by atoms with Gasteiger partial charge >= 0.3 is 0 Å². The molecule has 0 bridgehead atoms. The molecule has 39 heavy (non-hydrogen) atoms. The summed E-state index contributed by atoms with van der Waals surface area (Å²) in [4.78, 5) is 22.5. The SMILES string of the molecule is O=C(CCCCCCCCCCCCCCC[n+]1ccccc1)N[C@@H](CO)[C@@H](O)c1ccc([N+](=O)[O-])cc1.[Br-]. The molecule has 0 saturated heterocycles. The van der Waals surface area contributed by atoms with Crippen LogP contribution < -0.4 is 26.9 Å². The highest BCUT2D eigenvalue weighted by atomic mass is 79.9. The van der Waals surface area contributed by atoms with Crippen LogP contribution >= 0.6 is 0 Å². The van der Waals surface area contributed by atoms with Crippen LogP contribution in [0, 0.1) is 10.1 Å². The molecule has 0 aliphatic rings. The molecule has 1 amide bonds. The van der Waals surface area contributed by atoms with E-state index in [1.807, 2.05) is 0 Å². The van der Waals surface area contributed by atoms with E-state index in [-0.39, 0.29) is 28.6 Å². The average Bonchev–Trinajstić information content (AvgIpc) is 2.94. The number of carbonyl (C=O) groups is 1. The molecule has 2 rings (SSSR count). The lowest BCUT2D eigenvalue weighted by Crippen LogP contribution is -3.00. The smallest absolute Gasteiger partial charge is 0.269 e. The average molecular weight is 609 g/mol. The van der Waals surface area contributed by atoms with Crippen molar-refractivity contribution in [2.75, 3.05) is 6.61 Å². The minimum Gasteiger partial charge on any atom is -1.00 e. The summed E-state index contributed by atoms with van der Waals surface area (Å²) in [7, 11) is 0. The van der Waals surface area contributed by atoms with Crippen LogP contribution in [0.15, 0.2) is 54.9 Å². The van der Waals surface area contributed by atoms with E-state index in [0.717, 1.165) is 25.8 Å². The summed E-state index contributed by atoms with van der Waals surface area (Å²) < 4.78 is 2.25. The second-order valence-corrected chi connectivity index (χ2v) is 10.1. The molecule has 2 aromatic rings. The largest absolute Gasteiger partial charge is 1.00 e. The Labute approximate surface area is 243 Å². The molecule has 1 aromatic carbocycles. The van der Waals surface area contributed by atoms with Crippen LogP contribution in [-0.2, 0) is 11.3 Å². The zero-order chi connectivity index (χ0) is 27.4. The third kappa shape index (κ3) is 15.1. The minimum atomic E-state index is -1.14. The third-order valence-corrected chi connectivity index (χ3v) is 6.97. The maximum atomic E-state index is 12.3. The van der Waals surface area contributed by atoms with E-state index in [9.17, 15) is 25.1 Å². The molecule has 1 heterocycles. The summed E-state index contributed by atoms with van der Waals surface area (Å²) in [6, 6.07) is 10.8. The number of aliphatic hydroxyl groups excluding tert-OH is 2. The fraction of sp³-hybridized carbons (Fsp3) is 0.600. The number of nitrogens with one attached hydrogen (secondary N) is 1. The standard InChI is InChI=1S/C30H45N3O5.BrH/c34-25-28(30(36)26-18-20-27(21-19-26)33(37)38)31-29(35)17-13-10-8-6-4-2-1-3-5-7-9-11-14-22-32-23-15-12-16-24-32;/h12,15-16,18-21,23-24,28,30,34,36H,1-11,13-14,17,22,25H2;1H/t28-,30-;/m0./s1. The van der Waals surface area contributed by atoms with Crippen molar-refractivity contribution in [2.45, 2.75) is 109 Å². The van der Waals surface area contributed by atoms with Gasteiger partial charge in [-0.15, -0.1) is 0 Å². The van der Waals surface area contributed by atoms with Crippen LogP contribution in [0.2, 0.25) is 0 Å². The van der Waals surface area contributed by atoms with Crippen molar-refractivity contribution < 1.29 is 41.5 Å². The van der Waals surface area contributed by atoms with Crippen LogP contribution in [0.5, 0.6) is 0 Å². The molecular formula is C30H46BrN3O5. The molecule has 218 valence electrons. The lowest BCUT2D eigenvalue weighted by atomic mass is 10.0. The van der Waals surface area contributed by atoms with E-state index in [2.05, 4.69) is 40.5 Å². The van der Waals surface area contributed by atoms with Crippen LogP contribution in [-0.4, -0.2) is 33.7 Å². The van der Waals surface area contributed by atoms with E-state index in [0.29, 0.717) is 12.0 Å². The maximum absolute atomic E-state index is 12.3. The van der Waals surface area contributed by atoms with Gasteiger partial charge in [0.25, 0.3) is 5.69 Å². The number of unbranched alkanes of at least 4 members (excludes halogenated alkanes) is 12. The summed E-state index contributed by atoms with van der Waals surface area (Å²) in [5.41, 5.74) is 0.332.